The second-order valence-electron chi connectivity index (χ2n) is 20.6. The smallest absolute Gasteiger partial charge is 0.129 e. The Labute approximate surface area is 466 Å². The first-order valence-electron chi connectivity index (χ1n) is 27.1. The van der Waals surface area contributed by atoms with Crippen LogP contribution in [0.2, 0.25) is 0 Å². The van der Waals surface area contributed by atoms with E-state index in [-0.39, 0.29) is 0 Å². The van der Waals surface area contributed by atoms with E-state index in [1.807, 2.05) is 0 Å². The van der Waals surface area contributed by atoms with Crippen LogP contribution in [-0.4, -0.2) is 17.9 Å². The Hall–Kier alpha value is -10.4. The number of rotatable bonds is 9. The fourth-order valence-corrected chi connectivity index (χ4v) is 13.0. The molecule has 0 saturated carbocycles. The lowest BCUT2D eigenvalue weighted by Gasteiger charge is -2.26. The molecular formula is C74H47N5S. The second-order valence-corrected chi connectivity index (χ2v) is 21.2. The van der Waals surface area contributed by atoms with Crippen molar-refractivity contribution < 1.29 is 0 Å². The summed E-state index contributed by atoms with van der Waals surface area (Å²) in [6.45, 7) is 0. The first kappa shape index (κ1) is 45.8. The summed E-state index contributed by atoms with van der Waals surface area (Å²) in [5, 5.41) is 9.91. The van der Waals surface area contributed by atoms with Gasteiger partial charge in [0, 0.05) is 55.2 Å². The number of anilines is 3. The van der Waals surface area contributed by atoms with E-state index in [4.69, 9.17) is 8.75 Å². The van der Waals surface area contributed by atoms with Gasteiger partial charge in [0.1, 0.15) is 11.0 Å². The van der Waals surface area contributed by atoms with Crippen molar-refractivity contribution in [1.29, 1.82) is 0 Å². The summed E-state index contributed by atoms with van der Waals surface area (Å²) in [6, 6.07) is 104. The second kappa shape index (κ2) is 18.7. The molecule has 13 aromatic carbocycles. The first-order chi connectivity index (χ1) is 39.7. The topological polar surface area (TPSA) is 38.9 Å². The molecule has 0 atom stereocenters. The molecule has 0 unspecified atom stereocenters. The molecule has 0 N–H and O–H groups in total. The highest BCUT2D eigenvalue weighted by atomic mass is 32.1. The zero-order valence-electron chi connectivity index (χ0n) is 43.3. The van der Waals surface area contributed by atoms with Crippen LogP contribution >= 0.6 is 11.7 Å². The molecule has 0 bridgehead atoms. The maximum Gasteiger partial charge on any atom is 0.129 e. The summed E-state index contributed by atoms with van der Waals surface area (Å²) in [5.74, 6) is 0. The number of benzene rings is 13. The van der Waals surface area contributed by atoms with Crippen molar-refractivity contribution in [3.8, 4) is 55.9 Å². The van der Waals surface area contributed by atoms with E-state index < -0.39 is 0 Å². The van der Waals surface area contributed by atoms with E-state index in [1.54, 1.807) is 0 Å². The van der Waals surface area contributed by atoms with Gasteiger partial charge in [0.15, 0.2) is 0 Å². The zero-order valence-corrected chi connectivity index (χ0v) is 44.1. The quantitative estimate of drug-likeness (QED) is 0.145. The molecule has 16 aromatic rings. The Morgan fingerprint density at radius 2 is 0.787 bits per heavy atom. The van der Waals surface area contributed by atoms with E-state index >= 15 is 0 Å². The summed E-state index contributed by atoms with van der Waals surface area (Å²) in [5.41, 5.74) is 20.9. The van der Waals surface area contributed by atoms with Crippen LogP contribution < -0.4 is 4.90 Å². The molecule has 0 fully saturated rings. The average Bonchev–Trinajstić information content (AvgIpc) is 4.27. The fourth-order valence-electron chi connectivity index (χ4n) is 12.4. The van der Waals surface area contributed by atoms with Gasteiger partial charge in [0.05, 0.1) is 39.5 Å². The summed E-state index contributed by atoms with van der Waals surface area (Å²) >= 11 is 1.26. The lowest BCUT2D eigenvalue weighted by Crippen LogP contribution is -2.10. The third-order valence-electron chi connectivity index (χ3n) is 16.2. The Morgan fingerprint density at radius 3 is 1.48 bits per heavy atom. The van der Waals surface area contributed by atoms with Crippen LogP contribution in [0.3, 0.4) is 0 Å². The van der Waals surface area contributed by atoms with E-state index in [9.17, 15) is 0 Å². The molecule has 0 aliphatic rings. The molecule has 6 heteroatoms. The highest BCUT2D eigenvalue weighted by Gasteiger charge is 2.22. The number of nitrogens with zero attached hydrogens (tertiary/aromatic N) is 5. The lowest BCUT2D eigenvalue weighted by molar-refractivity contribution is 1.18. The number of fused-ring (bicyclic) bond motifs is 11. The van der Waals surface area contributed by atoms with Gasteiger partial charge in [0.2, 0.25) is 0 Å². The van der Waals surface area contributed by atoms with Crippen molar-refractivity contribution in [3.63, 3.8) is 0 Å². The SMILES string of the molecule is c1ccc(-c2ccc(N(c3ccc(-c4ccc5c(c4)c4c6ccccc6ccc4n5-c4ccc(-c5ccccc5)cc4)cc3)c3ccc(-c4ccc(-n5c6ccccc6c6ccc7ccccc7c65)cc4)c4nsnc34)cc2)cc1. The molecule has 0 amide bonds. The van der Waals surface area contributed by atoms with E-state index in [0.717, 1.165) is 67.3 Å². The maximum atomic E-state index is 5.06. The minimum Gasteiger partial charge on any atom is -0.309 e. The van der Waals surface area contributed by atoms with E-state index in [1.165, 1.54) is 93.6 Å². The monoisotopic (exact) mass is 1040 g/mol. The van der Waals surface area contributed by atoms with Crippen LogP contribution in [-0.2, 0) is 0 Å². The predicted octanol–water partition coefficient (Wildman–Crippen LogP) is 20.3. The maximum absolute atomic E-state index is 5.06. The standard InChI is InChI=1S/C74H47N5S/c1-3-13-48(14-4-1)50-23-34-57(35-24-50)77(70-46-43-62(72-73(70)76-80-75-72)55-29-40-60(41-30-55)79-67-22-12-11-21-64(67)65-42-31-54-18-8-10-20-63(54)74(65)79)58-36-27-52(28-37-58)56-33-44-68-66(47-56)71-61-19-9-7-17-53(61)32-45-69(71)78(68)59-38-25-51(26-39-59)49-15-5-2-6-16-49/h1-47H. The van der Waals surface area contributed by atoms with E-state index in [0.29, 0.717) is 0 Å². The molecular weight excluding hydrogens is 991 g/mol. The summed E-state index contributed by atoms with van der Waals surface area (Å²) in [6.07, 6.45) is 0. The highest BCUT2D eigenvalue weighted by molar-refractivity contribution is 7.00. The highest BCUT2D eigenvalue weighted by Crippen LogP contribution is 2.45. The first-order valence-corrected chi connectivity index (χ1v) is 27.9. The van der Waals surface area contributed by atoms with Crippen LogP contribution in [0.25, 0.3) is 132 Å². The van der Waals surface area contributed by atoms with Gasteiger partial charge in [-0.05, 0) is 140 Å². The van der Waals surface area contributed by atoms with Crippen molar-refractivity contribution in [3.05, 3.63) is 285 Å². The van der Waals surface area contributed by atoms with Gasteiger partial charge in [-0.3, -0.25) is 0 Å². The fraction of sp³-hybridized carbons (Fsp3) is 0. The molecule has 0 spiro atoms. The van der Waals surface area contributed by atoms with Gasteiger partial charge in [-0.15, -0.1) is 0 Å². The van der Waals surface area contributed by atoms with E-state index in [2.05, 4.69) is 299 Å². The molecule has 374 valence electrons. The Morgan fingerprint density at radius 1 is 0.300 bits per heavy atom. The van der Waals surface area contributed by atoms with Crippen LogP contribution in [0.5, 0.6) is 0 Å². The molecule has 3 aromatic heterocycles. The molecule has 5 nitrogen and oxygen atoms in total. The van der Waals surface area contributed by atoms with Gasteiger partial charge >= 0.3 is 0 Å². The average molecular weight is 1040 g/mol. The molecule has 80 heavy (non-hydrogen) atoms. The van der Waals surface area contributed by atoms with Crippen LogP contribution in [0.4, 0.5) is 17.1 Å². The Kier molecular flexibility index (Phi) is 10.7. The molecule has 0 aliphatic carbocycles. The third-order valence-corrected chi connectivity index (χ3v) is 16.7. The molecule has 0 radical (unpaired) electrons. The van der Waals surface area contributed by atoms with Gasteiger partial charge in [-0.1, -0.05) is 200 Å². The van der Waals surface area contributed by atoms with Crippen molar-refractivity contribution in [2.24, 2.45) is 0 Å². The Balaban J connectivity index is 0.790. The summed E-state index contributed by atoms with van der Waals surface area (Å²) in [4.78, 5) is 2.33. The summed E-state index contributed by atoms with van der Waals surface area (Å²) in [7, 11) is 0. The normalized spacial score (nSPS) is 11.8. The van der Waals surface area contributed by atoms with Gasteiger partial charge in [-0.25, -0.2) is 0 Å². The van der Waals surface area contributed by atoms with Crippen LogP contribution in [0.1, 0.15) is 0 Å². The lowest BCUT2D eigenvalue weighted by atomic mass is 9.99. The van der Waals surface area contributed by atoms with Crippen molar-refractivity contribution in [2.45, 2.75) is 0 Å². The minimum absolute atomic E-state index is 0.852. The molecule has 3 heterocycles. The van der Waals surface area contributed by atoms with Crippen LogP contribution in [0, 0.1) is 0 Å². The van der Waals surface area contributed by atoms with Gasteiger partial charge in [-0.2, -0.15) is 8.75 Å². The predicted molar refractivity (Wildman–Crippen MR) is 338 cm³/mol. The van der Waals surface area contributed by atoms with Crippen molar-refractivity contribution >= 4 is 105 Å². The molecule has 0 saturated heterocycles. The minimum atomic E-state index is 0.852. The molecule has 0 aliphatic heterocycles. The van der Waals surface area contributed by atoms with Crippen LogP contribution in [0.15, 0.2) is 285 Å². The van der Waals surface area contributed by atoms with Gasteiger partial charge in [0.25, 0.3) is 0 Å². The number of aromatic nitrogens is 4. The van der Waals surface area contributed by atoms with Crippen molar-refractivity contribution in [1.82, 2.24) is 17.9 Å². The van der Waals surface area contributed by atoms with Crippen molar-refractivity contribution in [2.75, 3.05) is 4.90 Å². The number of para-hydroxylation sites is 1. The Bertz CT molecular complexity index is 5020. The van der Waals surface area contributed by atoms with Gasteiger partial charge < -0.3 is 14.0 Å². The molecule has 16 rings (SSSR count). The summed E-state index contributed by atoms with van der Waals surface area (Å²) < 4.78 is 14.9. The number of hydrogen-bond donors (Lipinski definition) is 0. The third kappa shape index (κ3) is 7.45. The zero-order chi connectivity index (χ0) is 52.7. The number of hydrogen-bond acceptors (Lipinski definition) is 4. The largest absolute Gasteiger partial charge is 0.309 e.